The first-order chi connectivity index (χ1) is 11.1. The van der Waals surface area contributed by atoms with Crippen LogP contribution in [0.5, 0.6) is 0 Å². The number of carbonyl (C=O) groups excluding carboxylic acids is 1. The van der Waals surface area contributed by atoms with Gasteiger partial charge in [0.15, 0.2) is 0 Å². The van der Waals surface area contributed by atoms with E-state index in [1.54, 1.807) is 12.1 Å². The van der Waals surface area contributed by atoms with E-state index in [1.165, 1.54) is 12.1 Å². The van der Waals surface area contributed by atoms with E-state index in [1.807, 2.05) is 0 Å². The maximum absolute atomic E-state index is 11.9. The number of carbonyl (C=O) groups is 1. The molecule has 2 atom stereocenters. The van der Waals surface area contributed by atoms with Crippen LogP contribution in [-0.2, 0) is 6.42 Å². The molecule has 1 saturated carbocycles. The molecular weight excluding hydrogens is 298 g/mol. The van der Waals surface area contributed by atoms with Gasteiger partial charge in [0.2, 0.25) is 0 Å². The Balaban J connectivity index is 1.72. The molecule has 3 N–H and O–H groups in total. The maximum atomic E-state index is 11.9. The minimum atomic E-state index is -0.433. The Hall–Kier alpha value is -2.15. The predicted octanol–water partition coefficient (Wildman–Crippen LogP) is 1.99. The van der Waals surface area contributed by atoms with Gasteiger partial charge in [0, 0.05) is 37.2 Å². The van der Waals surface area contributed by atoms with E-state index in [0.29, 0.717) is 13.0 Å². The molecule has 23 heavy (non-hydrogen) atoms. The molecule has 0 radical (unpaired) electrons. The largest absolute Gasteiger partial charge is 0.396 e. The SMILES string of the molecule is O=C(NCCc1ccc([N+](=O)[O-])cc1)N[C@@H]1CCCC[C@H]1CO. The molecule has 2 amide bonds. The van der Waals surface area contributed by atoms with Crippen molar-refractivity contribution in [2.75, 3.05) is 13.2 Å². The number of urea groups is 1. The lowest BCUT2D eigenvalue weighted by atomic mass is 9.85. The number of aliphatic hydroxyl groups excluding tert-OH is 1. The van der Waals surface area contributed by atoms with Crippen molar-refractivity contribution in [2.45, 2.75) is 38.1 Å². The summed E-state index contributed by atoms with van der Waals surface area (Å²) in [5, 5.41) is 25.6. The average Bonchev–Trinajstić information content (AvgIpc) is 2.56. The van der Waals surface area contributed by atoms with Crippen LogP contribution < -0.4 is 10.6 Å². The molecule has 0 bridgehead atoms. The van der Waals surface area contributed by atoms with E-state index in [-0.39, 0.29) is 30.3 Å². The minimum absolute atomic E-state index is 0.0353. The van der Waals surface area contributed by atoms with Crippen LogP contribution in [-0.4, -0.2) is 35.3 Å². The third-order valence-corrected chi connectivity index (χ3v) is 4.31. The summed E-state index contributed by atoms with van der Waals surface area (Å²) in [5.74, 6) is 0.143. The number of nitro benzene ring substituents is 1. The quantitative estimate of drug-likeness (QED) is 0.550. The molecule has 1 aromatic carbocycles. The molecule has 7 heteroatoms. The minimum Gasteiger partial charge on any atom is -0.396 e. The van der Waals surface area contributed by atoms with Gasteiger partial charge in [-0.1, -0.05) is 25.0 Å². The zero-order valence-corrected chi connectivity index (χ0v) is 13.0. The Bertz CT molecular complexity index is 533. The predicted molar refractivity (Wildman–Crippen MR) is 86.2 cm³/mol. The van der Waals surface area contributed by atoms with E-state index in [9.17, 15) is 20.0 Å². The summed E-state index contributed by atoms with van der Waals surface area (Å²) in [5.41, 5.74) is 0.994. The smallest absolute Gasteiger partial charge is 0.315 e. The normalized spacial score (nSPS) is 20.7. The summed E-state index contributed by atoms with van der Waals surface area (Å²) in [6.07, 6.45) is 4.64. The third-order valence-electron chi connectivity index (χ3n) is 4.31. The van der Waals surface area contributed by atoms with Crippen molar-refractivity contribution >= 4 is 11.7 Å². The molecule has 1 aromatic rings. The Morgan fingerprint density at radius 1 is 1.26 bits per heavy atom. The molecule has 0 aliphatic heterocycles. The van der Waals surface area contributed by atoms with Crippen molar-refractivity contribution in [1.82, 2.24) is 10.6 Å². The van der Waals surface area contributed by atoms with E-state index in [0.717, 1.165) is 31.2 Å². The highest BCUT2D eigenvalue weighted by Gasteiger charge is 2.25. The zero-order valence-electron chi connectivity index (χ0n) is 13.0. The monoisotopic (exact) mass is 321 g/mol. The maximum Gasteiger partial charge on any atom is 0.315 e. The first kappa shape index (κ1) is 17.2. The lowest BCUT2D eigenvalue weighted by Crippen LogP contribution is -2.48. The molecule has 0 heterocycles. The highest BCUT2D eigenvalue weighted by molar-refractivity contribution is 5.74. The van der Waals surface area contributed by atoms with Crippen molar-refractivity contribution in [3.8, 4) is 0 Å². The molecule has 7 nitrogen and oxygen atoms in total. The van der Waals surface area contributed by atoms with Crippen LogP contribution in [0.15, 0.2) is 24.3 Å². The summed E-state index contributed by atoms with van der Waals surface area (Å²) >= 11 is 0. The fourth-order valence-corrected chi connectivity index (χ4v) is 2.94. The number of rotatable bonds is 6. The number of benzene rings is 1. The lowest BCUT2D eigenvalue weighted by Gasteiger charge is -2.30. The van der Waals surface area contributed by atoms with Crippen LogP contribution in [0.2, 0.25) is 0 Å². The summed E-state index contributed by atoms with van der Waals surface area (Å²) in [4.78, 5) is 22.1. The number of nitrogens with zero attached hydrogens (tertiary/aromatic N) is 1. The Morgan fingerprint density at radius 3 is 2.61 bits per heavy atom. The number of hydrogen-bond donors (Lipinski definition) is 3. The Kier molecular flexibility index (Phi) is 6.34. The molecule has 1 fully saturated rings. The van der Waals surface area contributed by atoms with Gasteiger partial charge < -0.3 is 15.7 Å². The average molecular weight is 321 g/mol. The van der Waals surface area contributed by atoms with Crippen molar-refractivity contribution in [1.29, 1.82) is 0 Å². The van der Waals surface area contributed by atoms with Gasteiger partial charge in [-0.15, -0.1) is 0 Å². The first-order valence-electron chi connectivity index (χ1n) is 7.98. The molecule has 0 aromatic heterocycles. The molecule has 1 aliphatic carbocycles. The van der Waals surface area contributed by atoms with Crippen LogP contribution in [0, 0.1) is 16.0 Å². The molecule has 0 unspecified atom stereocenters. The van der Waals surface area contributed by atoms with Gasteiger partial charge >= 0.3 is 6.03 Å². The van der Waals surface area contributed by atoms with Crippen LogP contribution in [0.3, 0.4) is 0 Å². The van der Waals surface area contributed by atoms with Crippen LogP contribution >= 0.6 is 0 Å². The summed E-state index contributed by atoms with van der Waals surface area (Å²) in [7, 11) is 0. The standard InChI is InChI=1S/C16H23N3O4/c20-11-13-3-1-2-4-15(13)18-16(21)17-10-9-12-5-7-14(8-6-12)19(22)23/h5-8,13,15,20H,1-4,9-11H2,(H2,17,18,21)/t13-,15+/m0/s1. The van der Waals surface area contributed by atoms with Crippen LogP contribution in [0.25, 0.3) is 0 Å². The Morgan fingerprint density at radius 2 is 1.96 bits per heavy atom. The number of aliphatic hydroxyl groups is 1. The van der Waals surface area contributed by atoms with Crippen molar-refractivity contribution < 1.29 is 14.8 Å². The fourth-order valence-electron chi connectivity index (χ4n) is 2.94. The van der Waals surface area contributed by atoms with Gasteiger partial charge in [0.25, 0.3) is 5.69 Å². The van der Waals surface area contributed by atoms with E-state index in [2.05, 4.69) is 10.6 Å². The van der Waals surface area contributed by atoms with Gasteiger partial charge in [0.1, 0.15) is 0 Å². The zero-order chi connectivity index (χ0) is 16.7. The molecule has 1 aliphatic rings. The summed E-state index contributed by atoms with van der Waals surface area (Å²) in [6.45, 7) is 0.563. The van der Waals surface area contributed by atoms with E-state index >= 15 is 0 Å². The molecule has 0 spiro atoms. The number of amides is 2. The van der Waals surface area contributed by atoms with Crippen molar-refractivity contribution in [2.24, 2.45) is 5.92 Å². The lowest BCUT2D eigenvalue weighted by molar-refractivity contribution is -0.384. The Labute approximate surface area is 135 Å². The molecular formula is C16H23N3O4. The van der Waals surface area contributed by atoms with Gasteiger partial charge in [0.05, 0.1) is 4.92 Å². The van der Waals surface area contributed by atoms with Gasteiger partial charge in [-0.3, -0.25) is 10.1 Å². The first-order valence-corrected chi connectivity index (χ1v) is 7.98. The van der Waals surface area contributed by atoms with E-state index in [4.69, 9.17) is 0 Å². The number of non-ortho nitro benzene ring substituents is 1. The van der Waals surface area contributed by atoms with Gasteiger partial charge in [-0.25, -0.2) is 4.79 Å². The van der Waals surface area contributed by atoms with E-state index < -0.39 is 4.92 Å². The van der Waals surface area contributed by atoms with Crippen LogP contribution in [0.1, 0.15) is 31.2 Å². The molecule has 126 valence electrons. The van der Waals surface area contributed by atoms with Crippen LogP contribution in [0.4, 0.5) is 10.5 Å². The van der Waals surface area contributed by atoms with Crippen molar-refractivity contribution in [3.05, 3.63) is 39.9 Å². The summed E-state index contributed by atoms with van der Waals surface area (Å²) < 4.78 is 0. The highest BCUT2D eigenvalue weighted by atomic mass is 16.6. The van der Waals surface area contributed by atoms with Gasteiger partial charge in [-0.05, 0) is 24.8 Å². The second-order valence-corrected chi connectivity index (χ2v) is 5.91. The fraction of sp³-hybridized carbons (Fsp3) is 0.562. The van der Waals surface area contributed by atoms with Crippen molar-refractivity contribution in [3.63, 3.8) is 0 Å². The highest BCUT2D eigenvalue weighted by Crippen LogP contribution is 2.23. The molecule has 2 rings (SSSR count). The second-order valence-electron chi connectivity index (χ2n) is 5.91. The topological polar surface area (TPSA) is 104 Å². The number of nitro groups is 1. The second kappa shape index (κ2) is 8.47. The summed E-state index contributed by atoms with van der Waals surface area (Å²) in [6, 6.07) is 6.12. The number of nitrogens with one attached hydrogen (secondary N) is 2. The molecule has 0 saturated heterocycles. The number of hydrogen-bond acceptors (Lipinski definition) is 4. The third kappa shape index (κ3) is 5.21. The van der Waals surface area contributed by atoms with Gasteiger partial charge in [-0.2, -0.15) is 0 Å².